The van der Waals surface area contributed by atoms with Gasteiger partial charge in [0.2, 0.25) is 0 Å². The molecule has 0 spiro atoms. The van der Waals surface area contributed by atoms with Crippen LogP contribution in [0.1, 0.15) is 22.3 Å². The number of benzene rings is 1. The lowest BCUT2D eigenvalue weighted by atomic mass is 10.1. The van der Waals surface area contributed by atoms with Crippen LogP contribution in [0.3, 0.4) is 0 Å². The standard InChI is InChI=1S/C12H11NO5/c1-18-12(15)11-8-10(13(16)17)6-5-9(11)4-2-3-7-14/h2,4-8H,3H2,1H3. The van der Waals surface area contributed by atoms with Gasteiger partial charge in [-0.25, -0.2) is 4.79 Å². The molecule has 0 aliphatic heterocycles. The number of non-ortho nitro benzene ring substituents is 1. The van der Waals surface area contributed by atoms with E-state index in [1.807, 2.05) is 0 Å². The van der Waals surface area contributed by atoms with E-state index in [2.05, 4.69) is 4.74 Å². The van der Waals surface area contributed by atoms with E-state index < -0.39 is 10.9 Å². The summed E-state index contributed by atoms with van der Waals surface area (Å²) in [6.07, 6.45) is 4.02. The van der Waals surface area contributed by atoms with Crippen LogP contribution in [0.5, 0.6) is 0 Å². The lowest BCUT2D eigenvalue weighted by Gasteiger charge is -2.03. The average Bonchev–Trinajstić information content (AvgIpc) is 2.38. The third-order valence-corrected chi connectivity index (χ3v) is 2.18. The molecule has 0 aliphatic rings. The number of ether oxygens (including phenoxy) is 1. The minimum Gasteiger partial charge on any atom is -0.465 e. The molecule has 94 valence electrons. The highest BCUT2D eigenvalue weighted by molar-refractivity contribution is 5.94. The summed E-state index contributed by atoms with van der Waals surface area (Å²) in [5, 5.41) is 10.6. The maximum Gasteiger partial charge on any atom is 0.338 e. The van der Waals surface area contributed by atoms with E-state index in [0.29, 0.717) is 11.8 Å². The Labute approximate surface area is 103 Å². The third kappa shape index (κ3) is 3.24. The number of aldehydes is 1. The summed E-state index contributed by atoms with van der Waals surface area (Å²) in [5.41, 5.74) is 0.367. The van der Waals surface area contributed by atoms with E-state index in [0.717, 1.165) is 6.07 Å². The molecule has 0 fully saturated rings. The molecule has 1 aromatic carbocycles. The number of hydrogen-bond acceptors (Lipinski definition) is 5. The molecule has 0 N–H and O–H groups in total. The quantitative estimate of drug-likeness (QED) is 0.344. The summed E-state index contributed by atoms with van der Waals surface area (Å²) >= 11 is 0. The molecule has 0 heterocycles. The van der Waals surface area contributed by atoms with Crippen molar-refractivity contribution in [1.82, 2.24) is 0 Å². The van der Waals surface area contributed by atoms with Crippen molar-refractivity contribution in [3.63, 3.8) is 0 Å². The number of hydrogen-bond donors (Lipinski definition) is 0. The first-order valence-electron chi connectivity index (χ1n) is 5.07. The molecule has 18 heavy (non-hydrogen) atoms. The molecular weight excluding hydrogens is 238 g/mol. The summed E-state index contributed by atoms with van der Waals surface area (Å²) in [6, 6.07) is 3.87. The first-order chi connectivity index (χ1) is 8.60. The van der Waals surface area contributed by atoms with Gasteiger partial charge < -0.3 is 9.53 Å². The fraction of sp³-hybridized carbons (Fsp3) is 0.167. The Balaban J connectivity index is 3.20. The van der Waals surface area contributed by atoms with Gasteiger partial charge in [-0.3, -0.25) is 10.1 Å². The number of rotatable bonds is 5. The van der Waals surface area contributed by atoms with Crippen LogP contribution >= 0.6 is 0 Å². The number of nitrogens with zero attached hydrogens (tertiary/aromatic N) is 1. The monoisotopic (exact) mass is 249 g/mol. The predicted molar refractivity (Wildman–Crippen MR) is 64.2 cm³/mol. The van der Waals surface area contributed by atoms with Gasteiger partial charge in [0, 0.05) is 18.6 Å². The van der Waals surface area contributed by atoms with Crippen molar-refractivity contribution in [2.45, 2.75) is 6.42 Å². The van der Waals surface area contributed by atoms with Crippen molar-refractivity contribution in [1.29, 1.82) is 0 Å². The van der Waals surface area contributed by atoms with E-state index in [1.54, 1.807) is 12.2 Å². The summed E-state index contributed by atoms with van der Waals surface area (Å²) < 4.78 is 4.55. The van der Waals surface area contributed by atoms with Gasteiger partial charge in [0.1, 0.15) is 6.29 Å². The Morgan fingerprint density at radius 2 is 2.22 bits per heavy atom. The highest BCUT2D eigenvalue weighted by Crippen LogP contribution is 2.20. The smallest absolute Gasteiger partial charge is 0.338 e. The van der Waals surface area contributed by atoms with Crippen LogP contribution in [0.4, 0.5) is 5.69 Å². The Hall–Kier alpha value is -2.50. The molecule has 1 rings (SSSR count). The van der Waals surface area contributed by atoms with E-state index in [9.17, 15) is 19.7 Å². The van der Waals surface area contributed by atoms with Crippen LogP contribution in [-0.4, -0.2) is 24.3 Å². The molecular formula is C12H11NO5. The predicted octanol–water partition coefficient (Wildman–Crippen LogP) is 1.98. The Morgan fingerprint density at radius 3 is 2.78 bits per heavy atom. The van der Waals surface area contributed by atoms with Gasteiger partial charge in [-0.1, -0.05) is 12.2 Å². The van der Waals surface area contributed by atoms with Crippen molar-refractivity contribution < 1.29 is 19.2 Å². The Bertz CT molecular complexity index is 507. The minimum atomic E-state index is -0.663. The molecule has 0 atom stereocenters. The van der Waals surface area contributed by atoms with Crippen LogP contribution in [0.2, 0.25) is 0 Å². The maximum absolute atomic E-state index is 11.5. The lowest BCUT2D eigenvalue weighted by Crippen LogP contribution is -2.04. The van der Waals surface area contributed by atoms with Crippen molar-refractivity contribution >= 4 is 24.0 Å². The summed E-state index contributed by atoms with van der Waals surface area (Å²) in [4.78, 5) is 31.7. The van der Waals surface area contributed by atoms with Crippen molar-refractivity contribution in [2.75, 3.05) is 7.11 Å². The van der Waals surface area contributed by atoms with Gasteiger partial charge in [0.05, 0.1) is 17.6 Å². The summed E-state index contributed by atoms with van der Waals surface area (Å²) in [7, 11) is 1.19. The zero-order valence-electron chi connectivity index (χ0n) is 9.66. The topological polar surface area (TPSA) is 86.5 Å². The van der Waals surface area contributed by atoms with E-state index in [-0.39, 0.29) is 17.7 Å². The lowest BCUT2D eigenvalue weighted by molar-refractivity contribution is -0.384. The molecule has 0 saturated carbocycles. The van der Waals surface area contributed by atoms with Gasteiger partial charge in [0.15, 0.2) is 0 Å². The Morgan fingerprint density at radius 1 is 1.50 bits per heavy atom. The molecule has 0 aliphatic carbocycles. The van der Waals surface area contributed by atoms with Gasteiger partial charge in [-0.2, -0.15) is 0 Å². The van der Waals surface area contributed by atoms with Crippen LogP contribution in [-0.2, 0) is 9.53 Å². The molecule has 0 amide bonds. The number of nitro benzene ring substituents is 1. The number of esters is 1. The van der Waals surface area contributed by atoms with Crippen LogP contribution < -0.4 is 0 Å². The van der Waals surface area contributed by atoms with Crippen molar-refractivity contribution in [3.8, 4) is 0 Å². The molecule has 0 bridgehead atoms. The highest BCUT2D eigenvalue weighted by Gasteiger charge is 2.15. The Kier molecular flexibility index (Phi) is 4.74. The molecule has 0 aromatic heterocycles. The van der Waals surface area contributed by atoms with Crippen molar-refractivity contribution in [3.05, 3.63) is 45.5 Å². The number of methoxy groups -OCH3 is 1. The fourth-order valence-corrected chi connectivity index (χ4v) is 1.34. The van der Waals surface area contributed by atoms with E-state index in [1.165, 1.54) is 19.2 Å². The average molecular weight is 249 g/mol. The zero-order chi connectivity index (χ0) is 13.5. The first kappa shape index (κ1) is 13.6. The van der Waals surface area contributed by atoms with E-state index in [4.69, 9.17) is 0 Å². The summed E-state index contributed by atoms with van der Waals surface area (Å²) in [5.74, 6) is -0.663. The normalized spacial score (nSPS) is 10.3. The zero-order valence-corrected chi connectivity index (χ0v) is 9.66. The minimum absolute atomic E-state index is 0.0915. The van der Waals surface area contributed by atoms with Gasteiger partial charge in [0.25, 0.3) is 5.69 Å². The second-order valence-electron chi connectivity index (χ2n) is 3.32. The SMILES string of the molecule is COC(=O)c1cc([N+](=O)[O-])ccc1C=CCC=O. The van der Waals surface area contributed by atoms with Crippen LogP contribution in [0.25, 0.3) is 6.08 Å². The second-order valence-corrected chi connectivity index (χ2v) is 3.32. The fourth-order valence-electron chi connectivity index (χ4n) is 1.34. The number of nitro groups is 1. The third-order valence-electron chi connectivity index (χ3n) is 2.18. The van der Waals surface area contributed by atoms with Gasteiger partial charge in [-0.15, -0.1) is 0 Å². The van der Waals surface area contributed by atoms with Gasteiger partial charge in [-0.05, 0) is 11.6 Å². The molecule has 0 radical (unpaired) electrons. The maximum atomic E-state index is 11.5. The van der Waals surface area contributed by atoms with Crippen LogP contribution in [0, 0.1) is 10.1 Å². The first-order valence-corrected chi connectivity index (χ1v) is 5.07. The molecule has 6 nitrogen and oxygen atoms in total. The molecule has 1 aromatic rings. The molecule has 0 saturated heterocycles. The summed E-state index contributed by atoms with van der Waals surface area (Å²) in [6.45, 7) is 0. The molecule has 6 heteroatoms. The molecule has 0 unspecified atom stereocenters. The number of carbonyl (C=O) groups is 2. The largest absolute Gasteiger partial charge is 0.465 e. The highest BCUT2D eigenvalue weighted by atomic mass is 16.6. The van der Waals surface area contributed by atoms with E-state index >= 15 is 0 Å². The van der Waals surface area contributed by atoms with Gasteiger partial charge >= 0.3 is 5.97 Å². The second kappa shape index (κ2) is 6.29. The van der Waals surface area contributed by atoms with Crippen LogP contribution in [0.15, 0.2) is 24.3 Å². The number of allylic oxidation sites excluding steroid dienone is 1. The number of carbonyl (C=O) groups excluding carboxylic acids is 2. The van der Waals surface area contributed by atoms with Crippen molar-refractivity contribution in [2.24, 2.45) is 0 Å².